The second-order valence-electron chi connectivity index (χ2n) is 8.36. The van der Waals surface area contributed by atoms with Gasteiger partial charge in [0.25, 0.3) is 0 Å². The molecule has 0 saturated carbocycles. The summed E-state index contributed by atoms with van der Waals surface area (Å²) in [4.78, 5) is 27.1. The zero-order chi connectivity index (χ0) is 21.3. The topological polar surface area (TPSA) is 84.5 Å². The van der Waals surface area contributed by atoms with Gasteiger partial charge in [-0.25, -0.2) is 0 Å². The largest absolute Gasteiger partial charge is 0.351 e. The van der Waals surface area contributed by atoms with Crippen LogP contribution in [-0.4, -0.2) is 60.3 Å². The fourth-order valence-electron chi connectivity index (χ4n) is 3.72. The van der Waals surface area contributed by atoms with Gasteiger partial charge in [-0.1, -0.05) is 30.8 Å². The summed E-state index contributed by atoms with van der Waals surface area (Å²) in [6.45, 7) is 7.96. The molecule has 160 valence electrons. The van der Waals surface area contributed by atoms with Crippen molar-refractivity contribution < 1.29 is 9.59 Å². The first kappa shape index (κ1) is 20.7. The average Bonchev–Trinajstić information content (AvgIpc) is 3.45. The summed E-state index contributed by atoms with van der Waals surface area (Å²) in [6.07, 6.45) is 2.99. The molecule has 9 heteroatoms. The maximum absolute atomic E-state index is 12.8. The highest BCUT2D eigenvalue weighted by atomic mass is 32.2. The van der Waals surface area contributed by atoms with Crippen molar-refractivity contribution in [3.05, 3.63) is 24.3 Å². The number of amides is 2. The summed E-state index contributed by atoms with van der Waals surface area (Å²) in [5, 5.41) is 12.4. The lowest BCUT2D eigenvalue weighted by molar-refractivity contribution is -0.130. The Morgan fingerprint density at radius 3 is 2.53 bits per heavy atom. The van der Waals surface area contributed by atoms with Crippen LogP contribution in [0.25, 0.3) is 16.8 Å². The van der Waals surface area contributed by atoms with Crippen molar-refractivity contribution in [2.24, 2.45) is 0 Å². The molecule has 3 aromatic rings. The first-order chi connectivity index (χ1) is 14.4. The zero-order valence-electron chi connectivity index (χ0n) is 17.7. The molecule has 2 aromatic heterocycles. The smallest absolute Gasteiger partial charge is 0.242 e. The van der Waals surface area contributed by atoms with E-state index in [1.54, 1.807) is 0 Å². The lowest BCUT2D eigenvalue weighted by Crippen LogP contribution is -2.43. The summed E-state index contributed by atoms with van der Waals surface area (Å²) < 4.78 is 3.86. The van der Waals surface area contributed by atoms with Crippen molar-refractivity contribution in [1.82, 2.24) is 29.4 Å². The second-order valence-corrected chi connectivity index (χ2v) is 9.30. The van der Waals surface area contributed by atoms with Gasteiger partial charge in [0.2, 0.25) is 17.6 Å². The van der Waals surface area contributed by atoms with Gasteiger partial charge in [0.15, 0.2) is 5.16 Å². The molecule has 0 radical (unpaired) electrons. The molecule has 0 unspecified atom stereocenters. The van der Waals surface area contributed by atoms with E-state index in [2.05, 4.69) is 15.5 Å². The molecule has 1 aromatic carbocycles. The Balaban J connectivity index is 1.60. The number of thioether (sulfide) groups is 1. The number of likely N-dealkylation sites (tertiary alicyclic amines) is 1. The molecule has 30 heavy (non-hydrogen) atoms. The minimum absolute atomic E-state index is 0.0310. The molecule has 2 amide bonds. The minimum atomic E-state index is -0.232. The molecule has 0 spiro atoms. The van der Waals surface area contributed by atoms with Crippen LogP contribution in [0.1, 0.15) is 40.0 Å². The van der Waals surface area contributed by atoms with Crippen LogP contribution in [0.4, 0.5) is 0 Å². The van der Waals surface area contributed by atoms with Gasteiger partial charge >= 0.3 is 0 Å². The van der Waals surface area contributed by atoms with Gasteiger partial charge in [-0.2, -0.15) is 0 Å². The first-order valence-electron chi connectivity index (χ1n) is 10.4. The molecular formula is C21H28N6O2S. The van der Waals surface area contributed by atoms with E-state index in [1.165, 1.54) is 11.8 Å². The van der Waals surface area contributed by atoms with Crippen molar-refractivity contribution in [2.45, 2.75) is 57.3 Å². The summed E-state index contributed by atoms with van der Waals surface area (Å²) >= 11 is 1.36. The maximum Gasteiger partial charge on any atom is 0.242 e. The third-order valence-corrected chi connectivity index (χ3v) is 6.65. The standard InChI is InChI=1S/C21H28N6O2S/c1-4-21(2,3)22-17(28)14-30-20-24-23-19-26(13-18(29)25-11-7-8-12-25)15-9-5-6-10-16(15)27(19)20/h5-6,9-10H,4,7-8,11-14H2,1-3H3,(H,22,28). The minimum Gasteiger partial charge on any atom is -0.351 e. The number of nitrogens with zero attached hydrogens (tertiary/aromatic N) is 5. The summed E-state index contributed by atoms with van der Waals surface area (Å²) in [6, 6.07) is 7.90. The van der Waals surface area contributed by atoms with Crippen LogP contribution in [0.15, 0.2) is 29.4 Å². The fraction of sp³-hybridized carbons (Fsp3) is 0.524. The second kappa shape index (κ2) is 8.29. The monoisotopic (exact) mass is 428 g/mol. The van der Waals surface area contributed by atoms with Crippen LogP contribution >= 0.6 is 11.8 Å². The predicted octanol–water partition coefficient (Wildman–Crippen LogP) is 2.70. The number of hydrogen-bond acceptors (Lipinski definition) is 5. The quantitative estimate of drug-likeness (QED) is 0.585. The Labute approximate surface area is 180 Å². The van der Waals surface area contributed by atoms with Crippen LogP contribution in [0.2, 0.25) is 0 Å². The predicted molar refractivity (Wildman–Crippen MR) is 118 cm³/mol. The van der Waals surface area contributed by atoms with E-state index in [1.807, 2.05) is 58.9 Å². The molecule has 1 fully saturated rings. The highest BCUT2D eigenvalue weighted by Gasteiger charge is 2.23. The molecule has 8 nitrogen and oxygen atoms in total. The summed E-state index contributed by atoms with van der Waals surface area (Å²) in [5.74, 6) is 0.961. The Morgan fingerprint density at radius 1 is 1.13 bits per heavy atom. The van der Waals surface area contributed by atoms with Gasteiger partial charge in [0, 0.05) is 18.6 Å². The number of imidazole rings is 1. The average molecular weight is 429 g/mol. The molecule has 1 aliphatic rings. The van der Waals surface area contributed by atoms with E-state index < -0.39 is 0 Å². The van der Waals surface area contributed by atoms with Gasteiger partial charge in [0.05, 0.1) is 16.8 Å². The summed E-state index contributed by atoms with van der Waals surface area (Å²) in [5.41, 5.74) is 1.64. The number of nitrogens with one attached hydrogen (secondary N) is 1. The number of carbonyl (C=O) groups excluding carboxylic acids is 2. The molecule has 1 aliphatic heterocycles. The van der Waals surface area contributed by atoms with Crippen molar-refractivity contribution >= 4 is 40.4 Å². The van der Waals surface area contributed by atoms with Crippen LogP contribution in [0, 0.1) is 0 Å². The van der Waals surface area contributed by atoms with Gasteiger partial charge in [0.1, 0.15) is 6.54 Å². The number of fused-ring (bicyclic) bond motifs is 3. The fourth-order valence-corrected chi connectivity index (χ4v) is 4.46. The third kappa shape index (κ3) is 4.03. The van der Waals surface area contributed by atoms with Gasteiger partial charge in [-0.15, -0.1) is 10.2 Å². The van der Waals surface area contributed by atoms with E-state index >= 15 is 0 Å². The van der Waals surface area contributed by atoms with Crippen LogP contribution in [-0.2, 0) is 16.1 Å². The number of para-hydroxylation sites is 2. The Kier molecular flexibility index (Phi) is 5.73. The summed E-state index contributed by atoms with van der Waals surface area (Å²) in [7, 11) is 0. The van der Waals surface area contributed by atoms with Crippen molar-refractivity contribution in [2.75, 3.05) is 18.8 Å². The Hall–Kier alpha value is -2.55. The lowest BCUT2D eigenvalue weighted by atomic mass is 10.0. The van der Waals surface area contributed by atoms with Gasteiger partial charge < -0.3 is 10.2 Å². The number of rotatable bonds is 7. The van der Waals surface area contributed by atoms with E-state index in [-0.39, 0.29) is 29.7 Å². The number of aromatic nitrogens is 4. The maximum atomic E-state index is 12.8. The van der Waals surface area contributed by atoms with E-state index in [0.29, 0.717) is 10.9 Å². The first-order valence-corrected chi connectivity index (χ1v) is 11.4. The van der Waals surface area contributed by atoms with Crippen LogP contribution < -0.4 is 5.32 Å². The zero-order valence-corrected chi connectivity index (χ0v) is 18.5. The number of hydrogen-bond donors (Lipinski definition) is 1. The SMILES string of the molecule is CCC(C)(C)NC(=O)CSc1nnc2n(CC(=O)N3CCCC3)c3ccccc3n12. The van der Waals surface area contributed by atoms with Crippen LogP contribution in [0.5, 0.6) is 0 Å². The van der Waals surface area contributed by atoms with Crippen LogP contribution in [0.3, 0.4) is 0 Å². The van der Waals surface area contributed by atoms with Crippen molar-refractivity contribution in [3.8, 4) is 0 Å². The van der Waals surface area contributed by atoms with Gasteiger partial charge in [-0.3, -0.25) is 18.6 Å². The Bertz CT molecular complexity index is 1080. The normalized spacial score (nSPS) is 14.7. The van der Waals surface area contributed by atoms with E-state index in [0.717, 1.165) is 43.4 Å². The molecular weight excluding hydrogens is 400 g/mol. The van der Waals surface area contributed by atoms with E-state index in [9.17, 15) is 9.59 Å². The molecule has 0 bridgehead atoms. The highest BCUT2D eigenvalue weighted by Crippen LogP contribution is 2.26. The number of benzene rings is 1. The molecule has 0 atom stereocenters. The molecule has 1 saturated heterocycles. The molecule has 0 aliphatic carbocycles. The van der Waals surface area contributed by atoms with Gasteiger partial charge in [-0.05, 0) is 45.2 Å². The highest BCUT2D eigenvalue weighted by molar-refractivity contribution is 7.99. The third-order valence-electron chi connectivity index (χ3n) is 5.72. The molecule has 3 heterocycles. The molecule has 4 rings (SSSR count). The number of carbonyl (C=O) groups is 2. The lowest BCUT2D eigenvalue weighted by Gasteiger charge is -2.24. The van der Waals surface area contributed by atoms with Crippen molar-refractivity contribution in [1.29, 1.82) is 0 Å². The molecule has 1 N–H and O–H groups in total. The Morgan fingerprint density at radius 2 is 1.83 bits per heavy atom. The van der Waals surface area contributed by atoms with E-state index in [4.69, 9.17) is 0 Å². The van der Waals surface area contributed by atoms with Crippen molar-refractivity contribution in [3.63, 3.8) is 0 Å².